The van der Waals surface area contributed by atoms with Crippen molar-refractivity contribution >= 4 is 0 Å². The van der Waals surface area contributed by atoms with Gasteiger partial charge < -0.3 is 15.4 Å². The number of hydrogen-bond acceptors (Lipinski definition) is 3. The van der Waals surface area contributed by atoms with Crippen molar-refractivity contribution in [2.45, 2.75) is 25.4 Å². The molecule has 4 heteroatoms. The Labute approximate surface area is 109 Å². The molecule has 0 fully saturated rings. The summed E-state index contributed by atoms with van der Waals surface area (Å²) in [5.41, 5.74) is 7.00. The molecule has 0 saturated heterocycles. The van der Waals surface area contributed by atoms with E-state index in [1.54, 1.807) is 19.2 Å². The second-order valence-corrected chi connectivity index (χ2v) is 4.72. The molecule has 0 aromatic heterocycles. The third-order valence-electron chi connectivity index (χ3n) is 2.81. The minimum absolute atomic E-state index is 0.138. The van der Waals surface area contributed by atoms with Crippen LogP contribution in [-0.4, -0.2) is 38.3 Å². The molecule has 0 bridgehead atoms. The van der Waals surface area contributed by atoms with Gasteiger partial charge in [-0.1, -0.05) is 12.1 Å². The van der Waals surface area contributed by atoms with Gasteiger partial charge in [-0.2, -0.15) is 0 Å². The molecule has 18 heavy (non-hydrogen) atoms. The van der Waals surface area contributed by atoms with E-state index in [4.69, 9.17) is 10.5 Å². The van der Waals surface area contributed by atoms with E-state index in [1.807, 2.05) is 13.1 Å². The lowest BCUT2D eigenvalue weighted by Gasteiger charge is -2.21. The zero-order valence-corrected chi connectivity index (χ0v) is 11.2. The zero-order valence-electron chi connectivity index (χ0n) is 11.2. The Balaban J connectivity index is 2.30. The fourth-order valence-corrected chi connectivity index (χ4v) is 1.99. The Bertz CT molecular complexity index is 346. The fourth-order valence-electron chi connectivity index (χ4n) is 1.99. The van der Waals surface area contributed by atoms with Gasteiger partial charge in [-0.05, 0) is 37.6 Å². The van der Waals surface area contributed by atoms with Crippen molar-refractivity contribution in [3.05, 3.63) is 35.6 Å². The van der Waals surface area contributed by atoms with Crippen LogP contribution >= 0.6 is 0 Å². The van der Waals surface area contributed by atoms with Crippen molar-refractivity contribution in [3.8, 4) is 0 Å². The topological polar surface area (TPSA) is 38.5 Å². The van der Waals surface area contributed by atoms with Gasteiger partial charge in [0, 0.05) is 32.8 Å². The van der Waals surface area contributed by atoms with Gasteiger partial charge in [0.15, 0.2) is 0 Å². The first-order valence-corrected chi connectivity index (χ1v) is 6.29. The standard InChI is InChI=1S/C14H23FN2O/c1-17(11-14(16)7-4-8-18-2)10-12-5-3-6-13(15)9-12/h3,5-6,9,14H,4,7-8,10-11,16H2,1-2H3. The molecule has 0 amide bonds. The first kappa shape index (κ1) is 15.1. The molecule has 0 spiro atoms. The molecule has 102 valence electrons. The van der Waals surface area contributed by atoms with Crippen LogP contribution in [-0.2, 0) is 11.3 Å². The molecule has 2 N–H and O–H groups in total. The Morgan fingerprint density at radius 2 is 2.22 bits per heavy atom. The number of methoxy groups -OCH3 is 1. The van der Waals surface area contributed by atoms with Crippen molar-refractivity contribution < 1.29 is 9.13 Å². The summed E-state index contributed by atoms with van der Waals surface area (Å²) in [5, 5.41) is 0. The third kappa shape index (κ3) is 6.10. The van der Waals surface area contributed by atoms with E-state index >= 15 is 0 Å². The second-order valence-electron chi connectivity index (χ2n) is 4.72. The highest BCUT2D eigenvalue weighted by Gasteiger charge is 2.07. The van der Waals surface area contributed by atoms with Crippen molar-refractivity contribution in [1.82, 2.24) is 4.90 Å². The van der Waals surface area contributed by atoms with Crippen LogP contribution in [0.5, 0.6) is 0 Å². The predicted molar refractivity (Wildman–Crippen MR) is 71.8 cm³/mol. The quantitative estimate of drug-likeness (QED) is 0.721. The van der Waals surface area contributed by atoms with Crippen molar-refractivity contribution in [3.63, 3.8) is 0 Å². The summed E-state index contributed by atoms with van der Waals surface area (Å²) in [6.07, 6.45) is 1.92. The van der Waals surface area contributed by atoms with Crippen LogP contribution in [0.2, 0.25) is 0 Å². The van der Waals surface area contributed by atoms with E-state index in [2.05, 4.69) is 4.90 Å². The summed E-state index contributed by atoms with van der Waals surface area (Å²) in [7, 11) is 3.70. The molecule has 0 aliphatic heterocycles. The molecule has 1 atom stereocenters. The van der Waals surface area contributed by atoms with Crippen LogP contribution in [0.4, 0.5) is 4.39 Å². The van der Waals surface area contributed by atoms with Gasteiger partial charge in [0.1, 0.15) is 5.82 Å². The largest absolute Gasteiger partial charge is 0.385 e. The van der Waals surface area contributed by atoms with Crippen molar-refractivity contribution in [2.24, 2.45) is 5.73 Å². The maximum absolute atomic E-state index is 13.0. The SMILES string of the molecule is COCCCC(N)CN(C)Cc1cccc(F)c1. The molecule has 0 heterocycles. The molecule has 0 saturated carbocycles. The fraction of sp³-hybridized carbons (Fsp3) is 0.571. The number of nitrogens with zero attached hydrogens (tertiary/aromatic N) is 1. The average Bonchev–Trinajstić information content (AvgIpc) is 2.29. The van der Waals surface area contributed by atoms with Gasteiger partial charge in [0.05, 0.1) is 0 Å². The lowest BCUT2D eigenvalue weighted by Crippen LogP contribution is -2.35. The van der Waals surface area contributed by atoms with Crippen LogP contribution in [0, 0.1) is 5.82 Å². The first-order chi connectivity index (χ1) is 8.61. The molecule has 3 nitrogen and oxygen atoms in total. The lowest BCUT2D eigenvalue weighted by molar-refractivity contribution is 0.187. The van der Waals surface area contributed by atoms with Crippen LogP contribution in [0.25, 0.3) is 0 Å². The predicted octanol–water partition coefficient (Wildman–Crippen LogP) is 2.01. The Morgan fingerprint density at radius 1 is 1.44 bits per heavy atom. The van der Waals surface area contributed by atoms with Crippen molar-refractivity contribution in [1.29, 1.82) is 0 Å². The van der Waals surface area contributed by atoms with Gasteiger partial charge in [-0.25, -0.2) is 4.39 Å². The summed E-state index contributed by atoms with van der Waals surface area (Å²) in [4.78, 5) is 2.12. The smallest absolute Gasteiger partial charge is 0.123 e. The van der Waals surface area contributed by atoms with Crippen LogP contribution in [0.1, 0.15) is 18.4 Å². The molecule has 1 unspecified atom stereocenters. The first-order valence-electron chi connectivity index (χ1n) is 6.29. The highest BCUT2D eigenvalue weighted by molar-refractivity contribution is 5.16. The minimum Gasteiger partial charge on any atom is -0.385 e. The average molecular weight is 254 g/mol. The maximum Gasteiger partial charge on any atom is 0.123 e. The Morgan fingerprint density at radius 3 is 2.89 bits per heavy atom. The number of hydrogen-bond donors (Lipinski definition) is 1. The molecule has 0 radical (unpaired) electrons. The maximum atomic E-state index is 13.0. The monoisotopic (exact) mass is 254 g/mol. The highest BCUT2D eigenvalue weighted by Crippen LogP contribution is 2.07. The van der Waals surface area contributed by atoms with E-state index < -0.39 is 0 Å². The highest BCUT2D eigenvalue weighted by atomic mass is 19.1. The van der Waals surface area contributed by atoms with E-state index in [1.165, 1.54) is 6.07 Å². The number of nitrogens with two attached hydrogens (primary N) is 1. The lowest BCUT2D eigenvalue weighted by atomic mass is 10.1. The summed E-state index contributed by atoms with van der Waals surface area (Å²) in [5.74, 6) is -0.190. The molecule has 1 aromatic rings. The third-order valence-corrected chi connectivity index (χ3v) is 2.81. The zero-order chi connectivity index (χ0) is 13.4. The number of likely N-dealkylation sites (N-methyl/N-ethyl adjacent to an activating group) is 1. The van der Waals surface area contributed by atoms with Gasteiger partial charge in [-0.3, -0.25) is 0 Å². The van der Waals surface area contributed by atoms with Gasteiger partial charge >= 0.3 is 0 Å². The van der Waals surface area contributed by atoms with E-state index in [0.717, 1.165) is 38.1 Å². The summed E-state index contributed by atoms with van der Waals surface area (Å²) in [6, 6.07) is 6.82. The number of benzene rings is 1. The second kappa shape index (κ2) is 8.19. The molecule has 1 rings (SSSR count). The Hall–Kier alpha value is -0.970. The number of ether oxygens (including phenoxy) is 1. The minimum atomic E-state index is -0.190. The molecular weight excluding hydrogens is 231 g/mol. The van der Waals surface area contributed by atoms with Crippen LogP contribution in [0.3, 0.4) is 0 Å². The summed E-state index contributed by atoms with van der Waals surface area (Å²) >= 11 is 0. The molecule has 0 aliphatic rings. The van der Waals surface area contributed by atoms with Crippen LogP contribution < -0.4 is 5.73 Å². The molecule has 1 aromatic carbocycles. The number of rotatable bonds is 8. The summed E-state index contributed by atoms with van der Waals surface area (Å²) < 4.78 is 18.0. The molecule has 0 aliphatic carbocycles. The summed E-state index contributed by atoms with van der Waals surface area (Å²) in [6.45, 7) is 2.28. The number of halogens is 1. The van der Waals surface area contributed by atoms with E-state index in [-0.39, 0.29) is 11.9 Å². The van der Waals surface area contributed by atoms with Gasteiger partial charge in [0.25, 0.3) is 0 Å². The van der Waals surface area contributed by atoms with E-state index in [0.29, 0.717) is 0 Å². The van der Waals surface area contributed by atoms with Gasteiger partial charge in [-0.15, -0.1) is 0 Å². The van der Waals surface area contributed by atoms with E-state index in [9.17, 15) is 4.39 Å². The van der Waals surface area contributed by atoms with Gasteiger partial charge in [0.2, 0.25) is 0 Å². The Kier molecular flexibility index (Phi) is 6.86. The van der Waals surface area contributed by atoms with Crippen molar-refractivity contribution in [2.75, 3.05) is 27.3 Å². The molecular formula is C14H23FN2O. The normalized spacial score (nSPS) is 12.9. The van der Waals surface area contributed by atoms with Crippen LogP contribution in [0.15, 0.2) is 24.3 Å².